The number of carbonyl (C=O) groups is 1. The molecule has 6 unspecified atom stereocenters. The molecule has 2 nitrogen and oxygen atoms in total. The maximum Gasteiger partial charge on any atom is 0.156 e. The number of carbonyl (C=O) groups excluding carboxylic acids is 1. The van der Waals surface area contributed by atoms with Crippen molar-refractivity contribution in [1.82, 2.24) is 0 Å². The topological polar surface area (TPSA) is 37.3 Å². The molecule has 0 aromatic heterocycles. The molecule has 1 N–H and O–H groups in total. The second-order valence-electron chi connectivity index (χ2n) is 9.53. The Hall–Kier alpha value is 0.552. The molecule has 25 heavy (non-hydrogen) atoms. The molecular weight excluding hydrogens is 523 g/mol. The van der Waals surface area contributed by atoms with E-state index in [1.54, 1.807) is 6.92 Å². The van der Waals surface area contributed by atoms with Crippen molar-refractivity contribution in [2.24, 2.45) is 28.6 Å². The van der Waals surface area contributed by atoms with Gasteiger partial charge < -0.3 is 5.11 Å². The van der Waals surface area contributed by atoms with Gasteiger partial charge in [-0.1, -0.05) is 31.1 Å². The number of hydrogen-bond acceptors (Lipinski definition) is 2. The number of aliphatic hydroxyl groups is 1. The van der Waals surface area contributed by atoms with E-state index in [-0.39, 0.29) is 61.0 Å². The van der Waals surface area contributed by atoms with Crippen LogP contribution in [-0.4, -0.2) is 17.0 Å². The zero-order valence-corrected chi connectivity index (χ0v) is 21.0. The Morgan fingerprint density at radius 1 is 1.12 bits per heavy atom. The van der Waals surface area contributed by atoms with Crippen molar-refractivity contribution < 1.29 is 54.0 Å². The monoisotopic (exact) mass is 555 g/mol. The summed E-state index contributed by atoms with van der Waals surface area (Å²) in [6.07, 6.45) is 9.99. The number of hydrogen-bond donors (Lipinski definition) is 1. The molecule has 0 saturated heterocycles. The number of aliphatic hydroxyl groups excluding tert-OH is 1. The van der Waals surface area contributed by atoms with Gasteiger partial charge in [0, 0.05) is 44.1 Å². The maximum atomic E-state index is 12.3. The molecule has 0 spiro atoms. The van der Waals surface area contributed by atoms with Crippen LogP contribution in [0.1, 0.15) is 72.6 Å². The van der Waals surface area contributed by atoms with Crippen LogP contribution < -0.4 is 0 Å². The van der Waals surface area contributed by atoms with E-state index >= 15 is 0 Å². The number of rotatable bonds is 1. The first kappa shape index (κ1) is 20.3. The molecule has 3 heteroatoms. The molecule has 0 aromatic rings. The molecule has 4 aliphatic carbocycles. The quantitative estimate of drug-likeness (QED) is 0.471. The van der Waals surface area contributed by atoms with Gasteiger partial charge in [0.15, 0.2) is 5.78 Å². The predicted octanol–water partition coefficient (Wildman–Crippen LogP) is 4.83. The van der Waals surface area contributed by atoms with E-state index in [4.69, 9.17) is 0 Å². The predicted molar refractivity (Wildman–Crippen MR) is 96.5 cm³/mol. The van der Waals surface area contributed by atoms with Gasteiger partial charge in [-0.25, -0.2) is 0 Å². The fourth-order valence-corrected chi connectivity index (χ4v) is 7.27. The van der Waals surface area contributed by atoms with E-state index in [9.17, 15) is 9.90 Å². The van der Waals surface area contributed by atoms with Gasteiger partial charge in [0.1, 0.15) is 0 Å². The van der Waals surface area contributed by atoms with Crippen molar-refractivity contribution in [3.05, 3.63) is 22.8 Å². The summed E-state index contributed by atoms with van der Waals surface area (Å²) in [4.78, 5) is 12.3. The molecule has 2 fully saturated rings. The second kappa shape index (κ2) is 6.86. The Morgan fingerprint density at radius 2 is 1.80 bits per heavy atom. The minimum atomic E-state index is -0.130. The third kappa shape index (κ3) is 2.91. The molecule has 0 heterocycles. The fourth-order valence-electron chi connectivity index (χ4n) is 7.27. The van der Waals surface area contributed by atoms with Crippen LogP contribution in [0.5, 0.6) is 0 Å². The third-order valence-corrected chi connectivity index (χ3v) is 8.34. The Balaban J connectivity index is 0.00000182. The summed E-state index contributed by atoms with van der Waals surface area (Å²) >= 11 is 0. The van der Waals surface area contributed by atoms with E-state index in [1.165, 1.54) is 17.6 Å². The van der Waals surface area contributed by atoms with Gasteiger partial charge in [-0.05, 0) is 93.0 Å². The van der Waals surface area contributed by atoms with Crippen molar-refractivity contribution in [3.8, 4) is 0 Å². The Bertz CT molecular complexity index is 648. The van der Waals surface area contributed by atoms with Gasteiger partial charge >= 0.3 is 0 Å². The molecule has 135 valence electrons. The first-order valence-corrected chi connectivity index (χ1v) is 9.86. The van der Waals surface area contributed by atoms with Crippen LogP contribution in [-0.2, 0) is 4.79 Å². The molecule has 0 aromatic carbocycles. The first-order valence-electron chi connectivity index (χ1n) is 9.86. The minimum Gasteiger partial charge on any atom is -0.393 e. The number of allylic oxidation sites excluding steroid dienone is 3. The normalized spacial score (nSPS) is 45.7. The maximum absolute atomic E-state index is 12.3. The Morgan fingerprint density at radius 3 is 2.48 bits per heavy atom. The second-order valence-corrected chi connectivity index (χ2v) is 9.53. The molecule has 4 rings (SSSR count). The number of Topliss-reactive ketones (excluding diaryl/α,β-unsaturated/α-hetero) is 1. The van der Waals surface area contributed by atoms with Crippen molar-refractivity contribution in [2.75, 3.05) is 0 Å². The molecular formula is C22H32AcO2. The molecule has 1 radical (unpaired) electrons. The largest absolute Gasteiger partial charge is 0.393 e. The smallest absolute Gasteiger partial charge is 0.156 e. The van der Waals surface area contributed by atoms with Crippen molar-refractivity contribution in [3.63, 3.8) is 0 Å². The number of ketones is 1. The van der Waals surface area contributed by atoms with Crippen LogP contribution in [0, 0.1) is 72.6 Å². The van der Waals surface area contributed by atoms with Gasteiger partial charge in [0.05, 0.1) is 6.10 Å². The zero-order chi connectivity index (χ0) is 17.3. The first-order chi connectivity index (χ1) is 11.3. The summed E-state index contributed by atoms with van der Waals surface area (Å²) in [5.41, 5.74) is 4.43. The summed E-state index contributed by atoms with van der Waals surface area (Å²) in [5, 5.41) is 10.1. The Kier molecular flexibility index (Phi) is 5.57. The van der Waals surface area contributed by atoms with Crippen LogP contribution in [0.4, 0.5) is 0 Å². The van der Waals surface area contributed by atoms with Crippen LogP contribution in [0.25, 0.3) is 0 Å². The van der Waals surface area contributed by atoms with Crippen LogP contribution in [0.3, 0.4) is 0 Å². The van der Waals surface area contributed by atoms with Gasteiger partial charge in [-0.3, -0.25) is 4.79 Å². The molecule has 2 saturated carbocycles. The fraction of sp³-hybridized carbons (Fsp3) is 0.773. The summed E-state index contributed by atoms with van der Waals surface area (Å²) in [5.74, 6) is 2.38. The Labute approximate surface area is 188 Å². The van der Waals surface area contributed by atoms with E-state index in [0.717, 1.165) is 50.0 Å². The summed E-state index contributed by atoms with van der Waals surface area (Å²) in [6, 6.07) is 0. The minimum absolute atomic E-state index is 0. The zero-order valence-electron chi connectivity index (χ0n) is 16.3. The number of fused-ring (bicyclic) bond motifs is 5. The van der Waals surface area contributed by atoms with Crippen molar-refractivity contribution in [2.45, 2.75) is 78.7 Å². The third-order valence-electron chi connectivity index (χ3n) is 8.34. The molecule has 6 atom stereocenters. The molecule has 0 bridgehead atoms. The van der Waals surface area contributed by atoms with E-state index in [2.05, 4.69) is 26.8 Å². The standard InChI is InChI=1S/C22H32O2.Ac/c1-13-11-19-17-6-5-15-12-16(24)7-9-21(15,3)18(17)8-10-22(19,4)20(13)14(2)23;/h5,16-19,24H,6-12H2,1-4H3;. The van der Waals surface area contributed by atoms with Crippen LogP contribution >= 0.6 is 0 Å². The van der Waals surface area contributed by atoms with Gasteiger partial charge in [0.25, 0.3) is 0 Å². The average Bonchev–Trinajstić information content (AvgIpc) is 2.78. The van der Waals surface area contributed by atoms with E-state index in [0.29, 0.717) is 17.6 Å². The van der Waals surface area contributed by atoms with Gasteiger partial charge in [-0.2, -0.15) is 0 Å². The SMILES string of the molecule is CC(=O)C1=C(C)CC2C3CC=C4CC(O)CCC4(C)C3CCC12C.[Ac]. The summed E-state index contributed by atoms with van der Waals surface area (Å²) in [7, 11) is 0. The van der Waals surface area contributed by atoms with Crippen molar-refractivity contribution >= 4 is 5.78 Å². The van der Waals surface area contributed by atoms with Gasteiger partial charge in [0.2, 0.25) is 0 Å². The summed E-state index contributed by atoms with van der Waals surface area (Å²) < 4.78 is 0. The average molecular weight is 555 g/mol. The van der Waals surface area contributed by atoms with E-state index < -0.39 is 0 Å². The molecule has 0 aliphatic heterocycles. The molecule has 0 amide bonds. The summed E-state index contributed by atoms with van der Waals surface area (Å²) in [6.45, 7) is 8.79. The van der Waals surface area contributed by atoms with Crippen LogP contribution in [0.15, 0.2) is 22.8 Å². The van der Waals surface area contributed by atoms with Crippen molar-refractivity contribution in [1.29, 1.82) is 0 Å². The van der Waals surface area contributed by atoms with E-state index in [1.807, 2.05) is 0 Å². The molecule has 4 aliphatic rings. The van der Waals surface area contributed by atoms with Gasteiger partial charge in [-0.15, -0.1) is 0 Å². The van der Waals surface area contributed by atoms with Crippen LogP contribution in [0.2, 0.25) is 0 Å².